The fourth-order valence-electron chi connectivity index (χ4n) is 2.84. The van der Waals surface area contributed by atoms with Crippen LogP contribution in [0.1, 0.15) is 47.7 Å². The molecule has 0 radical (unpaired) electrons. The van der Waals surface area contributed by atoms with E-state index in [1.165, 1.54) is 0 Å². The second-order valence-corrected chi connectivity index (χ2v) is 5.69. The Labute approximate surface area is 121 Å². The van der Waals surface area contributed by atoms with Crippen molar-refractivity contribution in [3.05, 3.63) is 34.9 Å². The quantitative estimate of drug-likeness (QED) is 0.793. The van der Waals surface area contributed by atoms with E-state index in [0.29, 0.717) is 19.5 Å². The minimum Gasteiger partial charge on any atom is -0.343 e. The number of hydrogen-bond donors (Lipinski definition) is 0. The zero-order valence-electron chi connectivity index (χ0n) is 12.6. The van der Waals surface area contributed by atoms with Crippen molar-refractivity contribution in [3.8, 4) is 0 Å². The maximum atomic E-state index is 12.6. The SMILES string of the molecule is CCC(=O)N1CCC(C(=O)c2cc(C)ccc2C)CC1. The zero-order chi connectivity index (χ0) is 14.7. The highest BCUT2D eigenvalue weighted by atomic mass is 16.2. The number of aryl methyl sites for hydroxylation is 2. The largest absolute Gasteiger partial charge is 0.343 e. The van der Waals surface area contributed by atoms with Crippen molar-refractivity contribution in [1.29, 1.82) is 0 Å². The van der Waals surface area contributed by atoms with Crippen molar-refractivity contribution in [1.82, 2.24) is 4.90 Å². The van der Waals surface area contributed by atoms with E-state index < -0.39 is 0 Å². The Balaban J connectivity index is 2.05. The molecular formula is C17H23NO2. The Morgan fingerprint density at radius 1 is 1.20 bits per heavy atom. The summed E-state index contributed by atoms with van der Waals surface area (Å²) < 4.78 is 0. The van der Waals surface area contributed by atoms with Gasteiger partial charge in [-0.1, -0.05) is 24.6 Å². The normalized spacial score (nSPS) is 16.2. The molecule has 1 saturated heterocycles. The predicted molar refractivity (Wildman–Crippen MR) is 79.8 cm³/mol. The first kappa shape index (κ1) is 14.8. The van der Waals surface area contributed by atoms with Crippen LogP contribution in [0.15, 0.2) is 18.2 Å². The van der Waals surface area contributed by atoms with E-state index in [4.69, 9.17) is 0 Å². The Kier molecular flexibility index (Phi) is 4.58. The van der Waals surface area contributed by atoms with Crippen molar-refractivity contribution >= 4 is 11.7 Å². The molecule has 3 heteroatoms. The summed E-state index contributed by atoms with van der Waals surface area (Å²) in [6.45, 7) is 7.32. The monoisotopic (exact) mass is 273 g/mol. The van der Waals surface area contributed by atoms with Gasteiger partial charge in [-0.25, -0.2) is 0 Å². The number of amides is 1. The van der Waals surface area contributed by atoms with E-state index in [2.05, 4.69) is 0 Å². The average Bonchev–Trinajstić information content (AvgIpc) is 2.48. The highest BCUT2D eigenvalue weighted by Gasteiger charge is 2.27. The number of likely N-dealkylation sites (tertiary alicyclic amines) is 1. The highest BCUT2D eigenvalue weighted by Crippen LogP contribution is 2.24. The first-order chi connectivity index (χ1) is 9.52. The van der Waals surface area contributed by atoms with Gasteiger partial charge in [0.1, 0.15) is 0 Å². The van der Waals surface area contributed by atoms with Crippen LogP contribution in [0.2, 0.25) is 0 Å². The average molecular weight is 273 g/mol. The lowest BCUT2D eigenvalue weighted by molar-refractivity contribution is -0.132. The van der Waals surface area contributed by atoms with E-state index >= 15 is 0 Å². The van der Waals surface area contributed by atoms with Crippen LogP contribution >= 0.6 is 0 Å². The van der Waals surface area contributed by atoms with Gasteiger partial charge in [-0.2, -0.15) is 0 Å². The number of ketones is 1. The van der Waals surface area contributed by atoms with E-state index in [-0.39, 0.29) is 17.6 Å². The van der Waals surface area contributed by atoms with Crippen molar-refractivity contribution < 1.29 is 9.59 Å². The first-order valence-corrected chi connectivity index (χ1v) is 7.42. The molecule has 0 bridgehead atoms. The second-order valence-electron chi connectivity index (χ2n) is 5.69. The number of rotatable bonds is 3. The Morgan fingerprint density at radius 3 is 2.45 bits per heavy atom. The Bertz CT molecular complexity index is 514. The lowest BCUT2D eigenvalue weighted by Gasteiger charge is -2.31. The summed E-state index contributed by atoms with van der Waals surface area (Å²) in [4.78, 5) is 26.2. The molecular weight excluding hydrogens is 250 g/mol. The first-order valence-electron chi connectivity index (χ1n) is 7.42. The van der Waals surface area contributed by atoms with Crippen LogP contribution in [0.3, 0.4) is 0 Å². The molecule has 1 amide bonds. The number of carbonyl (C=O) groups is 2. The van der Waals surface area contributed by atoms with Gasteiger partial charge < -0.3 is 4.90 Å². The number of nitrogens with zero attached hydrogens (tertiary/aromatic N) is 1. The molecule has 0 aromatic heterocycles. The molecule has 3 nitrogen and oxygen atoms in total. The maximum Gasteiger partial charge on any atom is 0.222 e. The number of benzene rings is 1. The zero-order valence-corrected chi connectivity index (χ0v) is 12.6. The molecule has 1 fully saturated rings. The molecule has 0 N–H and O–H groups in total. The van der Waals surface area contributed by atoms with Crippen LogP contribution in [0.5, 0.6) is 0 Å². The molecule has 1 aliphatic heterocycles. The van der Waals surface area contributed by atoms with E-state index in [0.717, 1.165) is 29.5 Å². The van der Waals surface area contributed by atoms with Crippen molar-refractivity contribution in [2.75, 3.05) is 13.1 Å². The fraction of sp³-hybridized carbons (Fsp3) is 0.529. The van der Waals surface area contributed by atoms with Gasteiger partial charge in [0.05, 0.1) is 0 Å². The van der Waals surface area contributed by atoms with Crippen LogP contribution in [-0.2, 0) is 4.79 Å². The number of Topliss-reactive ketones (excluding diaryl/α,β-unsaturated/α-hetero) is 1. The molecule has 1 aliphatic rings. The minimum atomic E-state index is 0.0661. The van der Waals surface area contributed by atoms with Gasteiger partial charge in [-0.15, -0.1) is 0 Å². The van der Waals surface area contributed by atoms with Gasteiger partial charge in [0.2, 0.25) is 5.91 Å². The highest BCUT2D eigenvalue weighted by molar-refractivity contribution is 5.99. The molecule has 20 heavy (non-hydrogen) atoms. The van der Waals surface area contributed by atoms with Crippen LogP contribution in [0.4, 0.5) is 0 Å². The van der Waals surface area contributed by atoms with Crippen LogP contribution in [-0.4, -0.2) is 29.7 Å². The van der Waals surface area contributed by atoms with E-state index in [1.807, 2.05) is 43.9 Å². The summed E-state index contributed by atoms with van der Waals surface area (Å²) in [7, 11) is 0. The standard InChI is InChI=1S/C17H23NO2/c1-4-16(19)18-9-7-14(8-10-18)17(20)15-11-12(2)5-6-13(15)3/h5-6,11,14H,4,7-10H2,1-3H3. The predicted octanol–water partition coefficient (Wildman–Crippen LogP) is 3.13. The lowest BCUT2D eigenvalue weighted by atomic mass is 9.86. The van der Waals surface area contributed by atoms with Crippen LogP contribution in [0.25, 0.3) is 0 Å². The molecule has 0 saturated carbocycles. The topological polar surface area (TPSA) is 37.4 Å². The number of piperidine rings is 1. The van der Waals surface area contributed by atoms with Gasteiger partial charge in [0.25, 0.3) is 0 Å². The van der Waals surface area contributed by atoms with Gasteiger partial charge in [-0.05, 0) is 38.3 Å². The summed E-state index contributed by atoms with van der Waals surface area (Å²) >= 11 is 0. The van der Waals surface area contributed by atoms with Crippen molar-refractivity contribution in [3.63, 3.8) is 0 Å². The Morgan fingerprint density at radius 2 is 1.85 bits per heavy atom. The van der Waals surface area contributed by atoms with Gasteiger partial charge in [0.15, 0.2) is 5.78 Å². The molecule has 0 unspecified atom stereocenters. The minimum absolute atomic E-state index is 0.0661. The molecule has 108 valence electrons. The molecule has 0 aliphatic carbocycles. The number of carbonyl (C=O) groups excluding carboxylic acids is 2. The van der Waals surface area contributed by atoms with Crippen molar-refractivity contribution in [2.45, 2.75) is 40.0 Å². The summed E-state index contributed by atoms with van der Waals surface area (Å²) in [6.07, 6.45) is 2.13. The third-order valence-electron chi connectivity index (χ3n) is 4.18. The van der Waals surface area contributed by atoms with Gasteiger partial charge in [0, 0.05) is 31.0 Å². The van der Waals surface area contributed by atoms with Gasteiger partial charge >= 0.3 is 0 Å². The molecule has 1 aromatic rings. The fourth-order valence-corrected chi connectivity index (χ4v) is 2.84. The molecule has 0 spiro atoms. The summed E-state index contributed by atoms with van der Waals surface area (Å²) in [5, 5.41) is 0. The molecule has 1 aromatic carbocycles. The van der Waals surface area contributed by atoms with Crippen molar-refractivity contribution in [2.24, 2.45) is 5.92 Å². The summed E-state index contributed by atoms with van der Waals surface area (Å²) in [5.41, 5.74) is 3.02. The lowest BCUT2D eigenvalue weighted by Crippen LogP contribution is -2.40. The Hall–Kier alpha value is -1.64. The molecule has 2 rings (SSSR count). The molecule has 1 heterocycles. The second kappa shape index (κ2) is 6.21. The van der Waals surface area contributed by atoms with Gasteiger partial charge in [-0.3, -0.25) is 9.59 Å². The number of hydrogen-bond acceptors (Lipinski definition) is 2. The third-order valence-corrected chi connectivity index (χ3v) is 4.18. The van der Waals surface area contributed by atoms with E-state index in [9.17, 15) is 9.59 Å². The smallest absolute Gasteiger partial charge is 0.222 e. The summed E-state index contributed by atoms with van der Waals surface area (Å²) in [5.74, 6) is 0.508. The molecule has 0 atom stereocenters. The maximum absolute atomic E-state index is 12.6. The summed E-state index contributed by atoms with van der Waals surface area (Å²) in [6, 6.07) is 6.04. The third kappa shape index (κ3) is 3.09. The van der Waals surface area contributed by atoms with Crippen LogP contribution in [0, 0.1) is 19.8 Å². The van der Waals surface area contributed by atoms with Crippen LogP contribution < -0.4 is 0 Å². The van der Waals surface area contributed by atoms with E-state index in [1.54, 1.807) is 0 Å².